The molecule has 0 saturated heterocycles. The number of benzene rings is 1. The Bertz CT molecular complexity index is 756. The van der Waals surface area contributed by atoms with Crippen LogP contribution in [0, 0.1) is 0 Å². The molecule has 1 heterocycles. The van der Waals surface area contributed by atoms with Crippen molar-refractivity contribution in [1.29, 1.82) is 0 Å². The van der Waals surface area contributed by atoms with E-state index >= 15 is 0 Å². The third-order valence-electron chi connectivity index (χ3n) is 4.17. The molecule has 1 aromatic heterocycles. The molecule has 2 amide bonds. The molecule has 2 aromatic rings. The van der Waals surface area contributed by atoms with Gasteiger partial charge < -0.3 is 10.6 Å². The number of halogens is 1. The van der Waals surface area contributed by atoms with E-state index in [1.165, 1.54) is 24.2 Å². The average Bonchev–Trinajstić information content (AvgIpc) is 3.26. The number of carbonyl (C=O) groups is 2. The van der Waals surface area contributed by atoms with Gasteiger partial charge in [-0.2, -0.15) is 0 Å². The fraction of sp³-hybridized carbons (Fsp3) is 0.389. The number of hydrogen-bond donors (Lipinski definition) is 2. The maximum atomic E-state index is 12.2. The number of carbonyl (C=O) groups excluding carboxylic acids is 2. The van der Waals surface area contributed by atoms with Crippen LogP contribution in [-0.4, -0.2) is 29.4 Å². The van der Waals surface area contributed by atoms with Gasteiger partial charge in [-0.3, -0.25) is 9.59 Å². The molecular weight excluding hydrogens is 358 g/mol. The minimum absolute atomic E-state index is 0.00917. The van der Waals surface area contributed by atoms with Gasteiger partial charge in [-0.1, -0.05) is 36.6 Å². The summed E-state index contributed by atoms with van der Waals surface area (Å²) in [4.78, 5) is 28.4. The third-order valence-corrected chi connectivity index (χ3v) is 5.29. The van der Waals surface area contributed by atoms with Crippen LogP contribution in [0.4, 0.5) is 0 Å². The molecule has 3 rings (SSSR count). The van der Waals surface area contributed by atoms with E-state index in [4.69, 9.17) is 11.6 Å². The van der Waals surface area contributed by atoms with Gasteiger partial charge in [-0.15, -0.1) is 11.3 Å². The fourth-order valence-electron chi connectivity index (χ4n) is 2.88. The summed E-state index contributed by atoms with van der Waals surface area (Å²) in [7, 11) is 0. The minimum atomic E-state index is -0.266. The Morgan fingerprint density at radius 3 is 2.84 bits per heavy atom. The molecule has 2 N–H and O–H groups in total. The second-order valence-electron chi connectivity index (χ2n) is 6.10. The van der Waals surface area contributed by atoms with Crippen LogP contribution in [0.15, 0.2) is 29.6 Å². The summed E-state index contributed by atoms with van der Waals surface area (Å²) >= 11 is 7.37. The standard InChI is InChI=1S/C18H20ClN3O2S/c19-13-5-3-4-12(10-13)18-22-15(11-25-18)17(24)20-9-8-16(23)21-14-6-1-2-7-14/h3-5,10-11,14H,1-2,6-9H2,(H,20,24)(H,21,23). The number of hydrogen-bond acceptors (Lipinski definition) is 4. The summed E-state index contributed by atoms with van der Waals surface area (Å²) in [6.45, 7) is 0.307. The van der Waals surface area contributed by atoms with E-state index in [0.717, 1.165) is 23.4 Å². The maximum Gasteiger partial charge on any atom is 0.270 e. The maximum absolute atomic E-state index is 12.2. The van der Waals surface area contributed by atoms with Crippen molar-refractivity contribution in [3.63, 3.8) is 0 Å². The first-order valence-corrected chi connectivity index (χ1v) is 9.66. The Kier molecular flexibility index (Phi) is 6.04. The highest BCUT2D eigenvalue weighted by atomic mass is 35.5. The van der Waals surface area contributed by atoms with Gasteiger partial charge in [0.25, 0.3) is 5.91 Å². The van der Waals surface area contributed by atoms with Gasteiger partial charge in [0, 0.05) is 35.0 Å². The van der Waals surface area contributed by atoms with Crippen molar-refractivity contribution in [2.24, 2.45) is 0 Å². The van der Waals surface area contributed by atoms with Crippen LogP contribution in [-0.2, 0) is 4.79 Å². The first-order chi connectivity index (χ1) is 12.1. The number of nitrogens with zero attached hydrogens (tertiary/aromatic N) is 1. The number of amides is 2. The molecule has 0 radical (unpaired) electrons. The lowest BCUT2D eigenvalue weighted by molar-refractivity contribution is -0.121. The third kappa shape index (κ3) is 5.03. The molecule has 0 bridgehead atoms. The number of aromatic nitrogens is 1. The van der Waals surface area contributed by atoms with Gasteiger partial charge in [-0.05, 0) is 25.0 Å². The van der Waals surface area contributed by atoms with E-state index in [2.05, 4.69) is 15.6 Å². The van der Waals surface area contributed by atoms with E-state index in [-0.39, 0.29) is 18.2 Å². The highest BCUT2D eigenvalue weighted by Gasteiger charge is 2.17. The second-order valence-corrected chi connectivity index (χ2v) is 7.40. The molecule has 1 aliphatic carbocycles. The molecule has 1 aromatic carbocycles. The average molecular weight is 378 g/mol. The Morgan fingerprint density at radius 1 is 1.28 bits per heavy atom. The summed E-state index contributed by atoms with van der Waals surface area (Å²) in [6, 6.07) is 7.67. The predicted molar refractivity (Wildman–Crippen MR) is 99.9 cm³/mol. The molecule has 0 aliphatic heterocycles. The zero-order chi connectivity index (χ0) is 17.6. The second kappa shape index (κ2) is 8.45. The van der Waals surface area contributed by atoms with Crippen molar-refractivity contribution >= 4 is 34.8 Å². The van der Waals surface area contributed by atoms with Crippen LogP contribution in [0.5, 0.6) is 0 Å². The van der Waals surface area contributed by atoms with E-state index in [1.54, 1.807) is 11.4 Å². The van der Waals surface area contributed by atoms with Crippen LogP contribution < -0.4 is 10.6 Å². The van der Waals surface area contributed by atoms with Crippen molar-refractivity contribution in [3.8, 4) is 10.6 Å². The summed E-state index contributed by atoms with van der Waals surface area (Å²) in [5, 5.41) is 8.84. The number of rotatable bonds is 6. The monoisotopic (exact) mass is 377 g/mol. The zero-order valence-electron chi connectivity index (χ0n) is 13.8. The summed E-state index contributed by atoms with van der Waals surface area (Å²) in [6.07, 6.45) is 4.76. The molecular formula is C18H20ClN3O2S. The lowest BCUT2D eigenvalue weighted by Crippen LogP contribution is -2.35. The van der Waals surface area contributed by atoms with Crippen molar-refractivity contribution in [2.45, 2.75) is 38.1 Å². The summed E-state index contributed by atoms with van der Waals surface area (Å²) in [5.74, 6) is -0.275. The zero-order valence-corrected chi connectivity index (χ0v) is 15.3. The van der Waals surface area contributed by atoms with E-state index in [9.17, 15) is 9.59 Å². The lowest BCUT2D eigenvalue weighted by Gasteiger charge is -2.11. The smallest absolute Gasteiger partial charge is 0.270 e. The van der Waals surface area contributed by atoms with Crippen molar-refractivity contribution in [1.82, 2.24) is 15.6 Å². The van der Waals surface area contributed by atoms with Crippen molar-refractivity contribution in [2.75, 3.05) is 6.54 Å². The number of thiazole rings is 1. The molecule has 0 unspecified atom stereocenters. The Morgan fingerprint density at radius 2 is 2.08 bits per heavy atom. The quantitative estimate of drug-likeness (QED) is 0.807. The number of nitrogens with one attached hydrogen (secondary N) is 2. The summed E-state index contributed by atoms with van der Waals surface area (Å²) < 4.78 is 0. The first-order valence-electron chi connectivity index (χ1n) is 8.41. The molecule has 0 atom stereocenters. The van der Waals surface area contributed by atoms with Crippen molar-refractivity contribution < 1.29 is 9.59 Å². The van der Waals surface area contributed by atoms with Gasteiger partial charge in [0.2, 0.25) is 5.91 Å². The molecule has 132 valence electrons. The van der Waals surface area contributed by atoms with Crippen LogP contribution in [0.1, 0.15) is 42.6 Å². The van der Waals surface area contributed by atoms with Crippen LogP contribution in [0.25, 0.3) is 10.6 Å². The van der Waals surface area contributed by atoms with Gasteiger partial charge in [-0.25, -0.2) is 4.98 Å². The Labute approximate surface area is 155 Å². The van der Waals surface area contributed by atoms with Gasteiger partial charge in [0.15, 0.2) is 0 Å². The van der Waals surface area contributed by atoms with Gasteiger partial charge in [0.1, 0.15) is 10.7 Å². The Balaban J connectivity index is 1.48. The lowest BCUT2D eigenvalue weighted by atomic mass is 10.2. The first kappa shape index (κ1) is 17.9. The van der Waals surface area contributed by atoms with E-state index < -0.39 is 0 Å². The highest BCUT2D eigenvalue weighted by molar-refractivity contribution is 7.13. The predicted octanol–water partition coefficient (Wildman–Crippen LogP) is 3.64. The molecule has 1 saturated carbocycles. The van der Waals surface area contributed by atoms with Gasteiger partial charge >= 0.3 is 0 Å². The largest absolute Gasteiger partial charge is 0.353 e. The molecule has 7 heteroatoms. The normalized spacial score (nSPS) is 14.4. The van der Waals surface area contributed by atoms with E-state index in [1.807, 2.05) is 18.2 Å². The molecule has 0 spiro atoms. The molecule has 1 fully saturated rings. The van der Waals surface area contributed by atoms with Crippen molar-refractivity contribution in [3.05, 3.63) is 40.4 Å². The molecule has 5 nitrogen and oxygen atoms in total. The minimum Gasteiger partial charge on any atom is -0.353 e. The van der Waals surface area contributed by atoms with Gasteiger partial charge in [0.05, 0.1) is 0 Å². The SMILES string of the molecule is O=C(CCNC(=O)c1csc(-c2cccc(Cl)c2)n1)NC1CCCC1. The topological polar surface area (TPSA) is 71.1 Å². The van der Waals surface area contributed by atoms with Crippen LogP contribution >= 0.6 is 22.9 Å². The van der Waals surface area contributed by atoms with Crippen LogP contribution in [0.3, 0.4) is 0 Å². The molecule has 25 heavy (non-hydrogen) atoms. The van der Waals surface area contributed by atoms with Crippen LogP contribution in [0.2, 0.25) is 5.02 Å². The Hall–Kier alpha value is -1.92. The highest BCUT2D eigenvalue weighted by Crippen LogP contribution is 2.26. The van der Waals surface area contributed by atoms with E-state index in [0.29, 0.717) is 23.3 Å². The fourth-order valence-corrected chi connectivity index (χ4v) is 3.87. The molecule has 1 aliphatic rings. The summed E-state index contributed by atoms with van der Waals surface area (Å²) in [5.41, 5.74) is 1.24.